The second-order valence-corrected chi connectivity index (χ2v) is 6.46. The van der Waals surface area contributed by atoms with Crippen molar-refractivity contribution in [1.29, 1.82) is 0 Å². The first-order valence-electron chi connectivity index (χ1n) is 8.60. The molecular weight excluding hydrogens is 338 g/mol. The summed E-state index contributed by atoms with van der Waals surface area (Å²) in [6, 6.07) is 9.27. The molecule has 5 nitrogen and oxygen atoms in total. The van der Waals surface area contributed by atoms with Crippen LogP contribution in [0, 0.1) is 11.6 Å². The average Bonchev–Trinajstić information content (AvgIpc) is 3.16. The molecule has 0 amide bonds. The Morgan fingerprint density at radius 3 is 2.69 bits per heavy atom. The fourth-order valence-corrected chi connectivity index (χ4v) is 3.23. The zero-order chi connectivity index (χ0) is 17.9. The molecule has 3 heterocycles. The van der Waals surface area contributed by atoms with Gasteiger partial charge in [-0.05, 0) is 44.1 Å². The minimum Gasteiger partial charge on any atom is -0.332 e. The summed E-state index contributed by atoms with van der Waals surface area (Å²) in [6.45, 7) is 2.08. The molecule has 1 aliphatic heterocycles. The van der Waals surface area contributed by atoms with Crippen molar-refractivity contribution in [2.75, 3.05) is 13.1 Å². The molecule has 0 bridgehead atoms. The second-order valence-electron chi connectivity index (χ2n) is 6.46. The van der Waals surface area contributed by atoms with E-state index in [4.69, 9.17) is 4.52 Å². The van der Waals surface area contributed by atoms with Gasteiger partial charge in [-0.1, -0.05) is 17.3 Å². The molecular formula is C19H18F2N4O. The van der Waals surface area contributed by atoms with E-state index in [1.54, 1.807) is 6.20 Å². The summed E-state index contributed by atoms with van der Waals surface area (Å²) in [4.78, 5) is 10.8. The van der Waals surface area contributed by atoms with Gasteiger partial charge in [-0.2, -0.15) is 4.98 Å². The van der Waals surface area contributed by atoms with Gasteiger partial charge in [0.15, 0.2) is 5.82 Å². The summed E-state index contributed by atoms with van der Waals surface area (Å²) in [7, 11) is 0. The van der Waals surface area contributed by atoms with Gasteiger partial charge in [0.05, 0.1) is 0 Å². The Bertz CT molecular complexity index is 876. The molecule has 0 spiro atoms. The van der Waals surface area contributed by atoms with E-state index in [0.717, 1.165) is 32.0 Å². The number of likely N-dealkylation sites (tertiary alicyclic amines) is 1. The topological polar surface area (TPSA) is 55.1 Å². The molecule has 2 aromatic heterocycles. The van der Waals surface area contributed by atoms with Gasteiger partial charge in [0.1, 0.15) is 17.3 Å². The first kappa shape index (κ1) is 16.8. The van der Waals surface area contributed by atoms with E-state index >= 15 is 0 Å². The minimum atomic E-state index is -0.550. The van der Waals surface area contributed by atoms with Gasteiger partial charge in [-0.15, -0.1) is 0 Å². The summed E-state index contributed by atoms with van der Waals surface area (Å²) in [5, 5.41) is 4.10. The van der Waals surface area contributed by atoms with E-state index < -0.39 is 11.6 Å². The standard InChI is InChI=1S/C19H18F2N4O/c20-15-5-4-14(16(21)11-15)12-25-9-6-13(7-10-25)18-23-19(26-24-18)17-3-1-2-8-22-17/h1-5,8,11,13H,6-7,9-10,12H2. The number of hydrogen-bond donors (Lipinski definition) is 0. The highest BCUT2D eigenvalue weighted by atomic mass is 19.1. The maximum atomic E-state index is 13.8. The monoisotopic (exact) mass is 356 g/mol. The third-order valence-electron chi connectivity index (χ3n) is 4.69. The average molecular weight is 356 g/mol. The molecule has 1 saturated heterocycles. The molecule has 4 rings (SSSR count). The van der Waals surface area contributed by atoms with Gasteiger partial charge in [-0.25, -0.2) is 8.78 Å². The molecule has 7 heteroatoms. The third-order valence-corrected chi connectivity index (χ3v) is 4.69. The van der Waals surface area contributed by atoms with E-state index in [9.17, 15) is 8.78 Å². The first-order valence-corrected chi connectivity index (χ1v) is 8.60. The summed E-state index contributed by atoms with van der Waals surface area (Å²) < 4.78 is 32.1. The quantitative estimate of drug-likeness (QED) is 0.712. The molecule has 1 fully saturated rings. The highest BCUT2D eigenvalue weighted by molar-refractivity contribution is 5.45. The number of pyridine rings is 1. The van der Waals surface area contributed by atoms with Gasteiger partial charge in [0, 0.05) is 30.3 Å². The van der Waals surface area contributed by atoms with Crippen LogP contribution in [-0.4, -0.2) is 33.1 Å². The number of rotatable bonds is 4. The molecule has 3 aromatic rings. The van der Waals surface area contributed by atoms with Crippen LogP contribution in [0.2, 0.25) is 0 Å². The van der Waals surface area contributed by atoms with E-state index in [0.29, 0.717) is 29.5 Å². The lowest BCUT2D eigenvalue weighted by Crippen LogP contribution is -2.33. The van der Waals surface area contributed by atoms with Crippen molar-refractivity contribution in [3.05, 3.63) is 65.6 Å². The molecule has 0 radical (unpaired) electrons. The number of benzene rings is 1. The summed E-state index contributed by atoms with van der Waals surface area (Å²) in [5.41, 5.74) is 1.18. The maximum Gasteiger partial charge on any atom is 0.276 e. The fraction of sp³-hybridized carbons (Fsp3) is 0.316. The first-order chi connectivity index (χ1) is 12.7. The predicted octanol–water partition coefficient (Wildman–Crippen LogP) is 3.79. The van der Waals surface area contributed by atoms with Crippen molar-refractivity contribution in [2.24, 2.45) is 0 Å². The van der Waals surface area contributed by atoms with E-state index in [-0.39, 0.29) is 5.92 Å². The van der Waals surface area contributed by atoms with Crippen LogP contribution in [0.15, 0.2) is 47.1 Å². The zero-order valence-corrected chi connectivity index (χ0v) is 14.1. The highest BCUT2D eigenvalue weighted by Crippen LogP contribution is 2.28. The van der Waals surface area contributed by atoms with E-state index in [2.05, 4.69) is 20.0 Å². The Morgan fingerprint density at radius 1 is 1.12 bits per heavy atom. The van der Waals surface area contributed by atoms with Gasteiger partial charge in [0.25, 0.3) is 5.89 Å². The van der Waals surface area contributed by atoms with Crippen molar-refractivity contribution >= 4 is 0 Å². The molecule has 1 aromatic carbocycles. The van der Waals surface area contributed by atoms with E-state index in [1.807, 2.05) is 18.2 Å². The number of hydrogen-bond acceptors (Lipinski definition) is 5. The van der Waals surface area contributed by atoms with Gasteiger partial charge in [0.2, 0.25) is 0 Å². The molecule has 0 aliphatic carbocycles. The third kappa shape index (κ3) is 3.62. The van der Waals surface area contributed by atoms with Crippen LogP contribution in [0.5, 0.6) is 0 Å². The normalized spacial score (nSPS) is 16.1. The Kier molecular flexibility index (Phi) is 4.71. The van der Waals surface area contributed by atoms with Crippen molar-refractivity contribution in [1.82, 2.24) is 20.0 Å². The molecule has 0 unspecified atom stereocenters. The molecule has 0 saturated carbocycles. The van der Waals surface area contributed by atoms with Crippen LogP contribution >= 0.6 is 0 Å². The lowest BCUT2D eigenvalue weighted by atomic mass is 9.96. The SMILES string of the molecule is Fc1ccc(CN2CCC(c3noc(-c4ccccn4)n3)CC2)c(F)c1. The van der Waals surface area contributed by atoms with Crippen molar-refractivity contribution < 1.29 is 13.3 Å². The smallest absolute Gasteiger partial charge is 0.276 e. The van der Waals surface area contributed by atoms with Crippen molar-refractivity contribution in [2.45, 2.75) is 25.3 Å². The Morgan fingerprint density at radius 2 is 1.96 bits per heavy atom. The lowest BCUT2D eigenvalue weighted by Gasteiger charge is -2.30. The summed E-state index contributed by atoms with van der Waals surface area (Å²) in [6.07, 6.45) is 3.42. The Hall–Kier alpha value is -2.67. The van der Waals surface area contributed by atoms with Gasteiger partial charge < -0.3 is 4.52 Å². The molecule has 26 heavy (non-hydrogen) atoms. The van der Waals surface area contributed by atoms with Crippen LogP contribution in [-0.2, 0) is 6.54 Å². The molecule has 0 atom stereocenters. The van der Waals surface area contributed by atoms with Crippen LogP contribution in [0.25, 0.3) is 11.6 Å². The predicted molar refractivity (Wildman–Crippen MR) is 91.1 cm³/mol. The Labute approximate surface area is 149 Å². The summed E-state index contributed by atoms with van der Waals surface area (Å²) >= 11 is 0. The fourth-order valence-electron chi connectivity index (χ4n) is 3.23. The van der Waals surface area contributed by atoms with Crippen LogP contribution in [0.3, 0.4) is 0 Å². The van der Waals surface area contributed by atoms with Gasteiger partial charge >= 0.3 is 0 Å². The lowest BCUT2D eigenvalue weighted by molar-refractivity contribution is 0.198. The number of piperidine rings is 1. The molecule has 134 valence electrons. The molecule has 0 N–H and O–H groups in total. The van der Waals surface area contributed by atoms with E-state index in [1.165, 1.54) is 12.1 Å². The number of nitrogens with zero attached hydrogens (tertiary/aromatic N) is 4. The van der Waals surface area contributed by atoms with Crippen LogP contribution in [0.4, 0.5) is 8.78 Å². The largest absolute Gasteiger partial charge is 0.332 e. The summed E-state index contributed by atoms with van der Waals surface area (Å²) in [5.74, 6) is 0.288. The Balaban J connectivity index is 1.37. The van der Waals surface area contributed by atoms with Crippen LogP contribution in [0.1, 0.15) is 30.1 Å². The second kappa shape index (κ2) is 7.29. The van der Waals surface area contributed by atoms with Crippen molar-refractivity contribution in [3.63, 3.8) is 0 Å². The van der Waals surface area contributed by atoms with Gasteiger partial charge in [-0.3, -0.25) is 9.88 Å². The number of aromatic nitrogens is 3. The highest BCUT2D eigenvalue weighted by Gasteiger charge is 2.25. The van der Waals surface area contributed by atoms with Crippen LogP contribution < -0.4 is 0 Å². The number of halogens is 2. The zero-order valence-electron chi connectivity index (χ0n) is 14.1. The molecule has 1 aliphatic rings. The maximum absolute atomic E-state index is 13.8. The van der Waals surface area contributed by atoms with Crippen molar-refractivity contribution in [3.8, 4) is 11.6 Å². The minimum absolute atomic E-state index is 0.213.